The molecular formula is C23H27F3O5S. The monoisotopic (exact) mass is 472 g/mol. The minimum Gasteiger partial charge on any atom is -0.491 e. The number of hydrogen-bond donors (Lipinski definition) is 0. The fourth-order valence-electron chi connectivity index (χ4n) is 3.05. The molecule has 1 fully saturated rings. The predicted molar refractivity (Wildman–Crippen MR) is 115 cm³/mol. The van der Waals surface area contributed by atoms with Crippen LogP contribution in [0.15, 0.2) is 47.4 Å². The van der Waals surface area contributed by atoms with Gasteiger partial charge in [-0.2, -0.15) is 13.2 Å². The quantitative estimate of drug-likeness (QED) is 0.392. The van der Waals surface area contributed by atoms with Gasteiger partial charge < -0.3 is 23.7 Å². The van der Waals surface area contributed by atoms with E-state index in [4.69, 9.17) is 23.7 Å². The van der Waals surface area contributed by atoms with Gasteiger partial charge in [-0.1, -0.05) is 0 Å². The third-order valence-electron chi connectivity index (χ3n) is 4.66. The van der Waals surface area contributed by atoms with E-state index in [1.807, 2.05) is 39.0 Å². The lowest BCUT2D eigenvalue weighted by atomic mass is 10.2. The lowest BCUT2D eigenvalue weighted by Crippen LogP contribution is -2.42. The van der Waals surface area contributed by atoms with Gasteiger partial charge in [-0.25, -0.2) is 0 Å². The van der Waals surface area contributed by atoms with Gasteiger partial charge in [0.05, 0.1) is 5.56 Å². The first-order valence-corrected chi connectivity index (χ1v) is 11.3. The lowest BCUT2D eigenvalue weighted by Gasteiger charge is -2.33. The highest BCUT2D eigenvalue weighted by Crippen LogP contribution is 2.31. The Bertz CT molecular complexity index is 854. The van der Waals surface area contributed by atoms with Gasteiger partial charge in [-0.05, 0) is 68.8 Å². The number of alkyl halides is 3. The minimum absolute atomic E-state index is 0.176. The van der Waals surface area contributed by atoms with E-state index < -0.39 is 11.7 Å². The van der Waals surface area contributed by atoms with Crippen molar-refractivity contribution < 1.29 is 36.9 Å². The van der Waals surface area contributed by atoms with Gasteiger partial charge in [0.15, 0.2) is 12.6 Å². The first kappa shape index (κ1) is 24.7. The van der Waals surface area contributed by atoms with Crippen LogP contribution < -0.4 is 9.47 Å². The molecule has 0 saturated carbocycles. The molecule has 1 aliphatic rings. The van der Waals surface area contributed by atoms with Crippen LogP contribution in [-0.4, -0.2) is 44.3 Å². The van der Waals surface area contributed by atoms with Gasteiger partial charge in [0, 0.05) is 17.3 Å². The third kappa shape index (κ3) is 7.30. The van der Waals surface area contributed by atoms with Crippen molar-refractivity contribution in [3.63, 3.8) is 0 Å². The van der Waals surface area contributed by atoms with Gasteiger partial charge in [-0.3, -0.25) is 0 Å². The molecule has 32 heavy (non-hydrogen) atoms. The van der Waals surface area contributed by atoms with Crippen LogP contribution in [0.2, 0.25) is 0 Å². The van der Waals surface area contributed by atoms with Crippen molar-refractivity contribution in [3.8, 4) is 11.5 Å². The molecule has 1 unspecified atom stereocenters. The molecule has 0 aliphatic carbocycles. The third-order valence-corrected chi connectivity index (χ3v) is 5.79. The Hall–Kier alpha value is -1.94. The molecule has 9 heteroatoms. The van der Waals surface area contributed by atoms with Gasteiger partial charge in [0.25, 0.3) is 0 Å². The zero-order valence-corrected chi connectivity index (χ0v) is 19.0. The molecule has 0 bridgehead atoms. The van der Waals surface area contributed by atoms with Crippen LogP contribution in [0.25, 0.3) is 0 Å². The summed E-state index contributed by atoms with van der Waals surface area (Å²) in [5.74, 6) is 1.78. The van der Waals surface area contributed by atoms with Crippen molar-refractivity contribution in [2.75, 3.05) is 25.6 Å². The Morgan fingerprint density at radius 2 is 1.78 bits per heavy atom. The Morgan fingerprint density at radius 3 is 2.38 bits per heavy atom. The molecule has 176 valence electrons. The molecule has 0 amide bonds. The molecule has 0 radical (unpaired) electrons. The van der Waals surface area contributed by atoms with Gasteiger partial charge in [-0.15, -0.1) is 11.8 Å². The fraction of sp³-hybridized carbons (Fsp3) is 0.478. The fourth-order valence-corrected chi connectivity index (χ4v) is 4.04. The first-order valence-electron chi connectivity index (χ1n) is 10.3. The van der Waals surface area contributed by atoms with Crippen molar-refractivity contribution in [2.45, 2.75) is 50.5 Å². The van der Waals surface area contributed by atoms with E-state index in [0.29, 0.717) is 24.7 Å². The van der Waals surface area contributed by atoms with Crippen molar-refractivity contribution in [3.05, 3.63) is 53.6 Å². The van der Waals surface area contributed by atoms with E-state index in [2.05, 4.69) is 0 Å². The summed E-state index contributed by atoms with van der Waals surface area (Å²) >= 11 is 1.61. The zero-order valence-electron chi connectivity index (χ0n) is 18.2. The molecule has 1 aliphatic heterocycles. The molecule has 2 aromatic carbocycles. The lowest BCUT2D eigenvalue weighted by molar-refractivity contribution is -0.380. The summed E-state index contributed by atoms with van der Waals surface area (Å²) in [4.78, 5) is 1.05. The second-order valence-corrected chi connectivity index (χ2v) is 8.32. The smallest absolute Gasteiger partial charge is 0.416 e. The summed E-state index contributed by atoms with van der Waals surface area (Å²) in [5.41, 5.74) is 0.295. The second-order valence-electron chi connectivity index (χ2n) is 7.23. The Labute approximate surface area is 190 Å². The van der Waals surface area contributed by atoms with E-state index in [1.54, 1.807) is 11.8 Å². The average Bonchev–Trinajstić information content (AvgIpc) is 2.73. The van der Waals surface area contributed by atoms with Crippen LogP contribution in [-0.2, 0) is 20.4 Å². The van der Waals surface area contributed by atoms with Crippen LogP contribution in [0.3, 0.4) is 0 Å². The maximum absolute atomic E-state index is 12.7. The molecule has 0 spiro atoms. The Balaban J connectivity index is 1.47. The summed E-state index contributed by atoms with van der Waals surface area (Å²) in [6.07, 6.45) is -5.07. The minimum atomic E-state index is -4.36. The van der Waals surface area contributed by atoms with Gasteiger partial charge in [0.2, 0.25) is 0 Å². The number of ether oxygens (including phenoxy) is 5. The highest BCUT2D eigenvalue weighted by Gasteiger charge is 2.30. The first-order chi connectivity index (χ1) is 15.2. The Morgan fingerprint density at radius 1 is 1.06 bits per heavy atom. The second kappa shape index (κ2) is 11.3. The Kier molecular flexibility index (Phi) is 8.70. The van der Waals surface area contributed by atoms with Crippen molar-refractivity contribution in [1.29, 1.82) is 0 Å². The molecule has 1 saturated heterocycles. The van der Waals surface area contributed by atoms with Crippen molar-refractivity contribution >= 4 is 11.8 Å². The average molecular weight is 473 g/mol. The molecule has 2 aromatic rings. The number of benzene rings is 2. The topological polar surface area (TPSA) is 46.2 Å². The van der Waals surface area contributed by atoms with Crippen LogP contribution >= 0.6 is 11.8 Å². The molecule has 3 rings (SSSR count). The van der Waals surface area contributed by atoms with Crippen LogP contribution in [0.1, 0.15) is 25.0 Å². The van der Waals surface area contributed by atoms with E-state index >= 15 is 0 Å². The van der Waals surface area contributed by atoms with E-state index in [1.165, 1.54) is 12.1 Å². The molecule has 1 heterocycles. The number of halogens is 3. The summed E-state index contributed by atoms with van der Waals surface area (Å²) in [6.45, 7) is 6.79. The molecule has 0 N–H and O–H groups in total. The number of thioether (sulfide) groups is 1. The van der Waals surface area contributed by atoms with Gasteiger partial charge in [0.1, 0.15) is 30.8 Å². The highest BCUT2D eigenvalue weighted by atomic mass is 32.2. The van der Waals surface area contributed by atoms with Crippen LogP contribution in [0, 0.1) is 6.92 Å². The predicted octanol–water partition coefficient (Wildman–Crippen LogP) is 5.69. The molecule has 5 nitrogen and oxygen atoms in total. The number of hydrogen-bond acceptors (Lipinski definition) is 6. The van der Waals surface area contributed by atoms with Crippen molar-refractivity contribution in [2.24, 2.45) is 0 Å². The highest BCUT2D eigenvalue weighted by molar-refractivity contribution is 7.99. The van der Waals surface area contributed by atoms with E-state index in [0.717, 1.165) is 28.3 Å². The van der Waals surface area contributed by atoms with Crippen molar-refractivity contribution in [1.82, 2.24) is 0 Å². The summed E-state index contributed by atoms with van der Waals surface area (Å²) in [6, 6.07) is 10.6. The number of aryl methyl sites for hydroxylation is 1. The molecule has 1 atom stereocenters. The maximum atomic E-state index is 12.7. The van der Waals surface area contributed by atoms with E-state index in [-0.39, 0.29) is 25.3 Å². The summed E-state index contributed by atoms with van der Waals surface area (Å²) in [7, 11) is 0. The largest absolute Gasteiger partial charge is 0.491 e. The number of rotatable bonds is 11. The van der Waals surface area contributed by atoms with Gasteiger partial charge >= 0.3 is 6.18 Å². The summed E-state index contributed by atoms with van der Waals surface area (Å²) < 4.78 is 65.9. The summed E-state index contributed by atoms with van der Waals surface area (Å²) in [5, 5.41) is 0. The molecular weight excluding hydrogens is 445 g/mol. The maximum Gasteiger partial charge on any atom is 0.416 e. The van der Waals surface area contributed by atoms with E-state index in [9.17, 15) is 13.2 Å². The van der Waals surface area contributed by atoms with Crippen LogP contribution in [0.5, 0.6) is 11.5 Å². The van der Waals surface area contributed by atoms with Crippen LogP contribution in [0.4, 0.5) is 13.2 Å². The SMILES string of the molecule is CCOC(COc1ccc(C(F)(F)F)cc1)CSc1ccc(OCC2OC(C)O2)c(C)c1. The standard InChI is InChI=1S/C23H27F3O5S/c1-4-27-19(12-28-18-7-5-17(6-8-18)23(24,25)26)14-32-20-9-10-21(15(2)11-20)29-13-22-30-16(3)31-22/h5-11,16,19,22H,4,12-14H2,1-3H3. The zero-order chi connectivity index (χ0) is 23.1. The molecule has 0 aromatic heterocycles. The normalized spacial score (nSPS) is 19.3.